The van der Waals surface area contributed by atoms with Crippen LogP contribution in [-0.2, 0) is 17.8 Å². The van der Waals surface area contributed by atoms with Gasteiger partial charge in [-0.2, -0.15) is 0 Å². The molecular formula is C24H24ClN3O3S. The Kier molecular flexibility index (Phi) is 6.86. The summed E-state index contributed by atoms with van der Waals surface area (Å²) in [7, 11) is 0. The molecule has 0 N–H and O–H groups in total. The Morgan fingerprint density at radius 2 is 1.91 bits per heavy atom. The SMILES string of the molecule is Cc1noc(C)c1COc1ccc(CC(=O)N(C2=NC(C)CS2)c2ccc(Cl)cc2)cc1. The number of anilines is 1. The summed E-state index contributed by atoms with van der Waals surface area (Å²) in [5.41, 5.74) is 3.44. The average Bonchev–Trinajstić information content (AvgIpc) is 3.34. The standard InChI is InChI=1S/C24H24ClN3O3S/c1-15-14-32-24(26-15)28(20-8-6-19(25)7-9-20)23(29)12-18-4-10-21(11-5-18)30-13-22-16(2)27-31-17(22)3/h4-11,15H,12-14H2,1-3H3. The third-order valence-electron chi connectivity index (χ3n) is 5.15. The van der Waals surface area contributed by atoms with Gasteiger partial charge in [-0.1, -0.05) is 40.7 Å². The highest BCUT2D eigenvalue weighted by Crippen LogP contribution is 2.28. The molecule has 0 aliphatic carbocycles. The number of ether oxygens (including phenoxy) is 1. The molecule has 8 heteroatoms. The molecule has 0 spiro atoms. The fourth-order valence-electron chi connectivity index (χ4n) is 3.35. The molecule has 166 valence electrons. The van der Waals surface area contributed by atoms with Crippen LogP contribution in [0, 0.1) is 13.8 Å². The number of nitrogens with zero attached hydrogens (tertiary/aromatic N) is 3. The molecule has 0 radical (unpaired) electrons. The molecule has 1 aliphatic rings. The Hall–Kier alpha value is -2.77. The third kappa shape index (κ3) is 5.16. The van der Waals surface area contributed by atoms with Crippen LogP contribution in [-0.4, -0.2) is 28.0 Å². The number of hydrogen-bond donors (Lipinski definition) is 0. The van der Waals surface area contributed by atoms with E-state index in [0.717, 1.165) is 44.9 Å². The summed E-state index contributed by atoms with van der Waals surface area (Å²) in [6.07, 6.45) is 0.251. The van der Waals surface area contributed by atoms with Crippen LogP contribution in [0.25, 0.3) is 0 Å². The zero-order chi connectivity index (χ0) is 22.7. The van der Waals surface area contributed by atoms with Crippen LogP contribution < -0.4 is 9.64 Å². The molecule has 1 atom stereocenters. The van der Waals surface area contributed by atoms with Crippen molar-refractivity contribution in [2.24, 2.45) is 4.99 Å². The van der Waals surface area contributed by atoms with Crippen LogP contribution >= 0.6 is 23.4 Å². The minimum atomic E-state index is -0.0444. The lowest BCUT2D eigenvalue weighted by molar-refractivity contribution is -0.117. The lowest BCUT2D eigenvalue weighted by Gasteiger charge is -2.22. The van der Waals surface area contributed by atoms with E-state index in [4.69, 9.17) is 20.9 Å². The number of benzene rings is 2. The smallest absolute Gasteiger partial charge is 0.237 e. The number of thioether (sulfide) groups is 1. The highest BCUT2D eigenvalue weighted by Gasteiger charge is 2.26. The molecule has 1 aromatic heterocycles. The van der Waals surface area contributed by atoms with Gasteiger partial charge in [-0.05, 0) is 62.7 Å². The van der Waals surface area contributed by atoms with Gasteiger partial charge >= 0.3 is 0 Å². The normalized spacial score (nSPS) is 15.5. The fraction of sp³-hybridized carbons (Fsp3) is 0.292. The maximum atomic E-state index is 13.3. The van der Waals surface area contributed by atoms with Crippen molar-refractivity contribution in [1.29, 1.82) is 0 Å². The molecule has 0 bridgehead atoms. The van der Waals surface area contributed by atoms with Crippen LogP contribution in [0.5, 0.6) is 5.75 Å². The van der Waals surface area contributed by atoms with Gasteiger partial charge in [0.05, 0.1) is 29.4 Å². The van der Waals surface area contributed by atoms with E-state index in [-0.39, 0.29) is 18.4 Å². The van der Waals surface area contributed by atoms with Gasteiger partial charge in [0.25, 0.3) is 0 Å². The van der Waals surface area contributed by atoms with Crippen LogP contribution in [0.1, 0.15) is 29.5 Å². The van der Waals surface area contributed by atoms with Crippen molar-refractivity contribution in [3.8, 4) is 5.75 Å². The summed E-state index contributed by atoms with van der Waals surface area (Å²) in [6, 6.07) is 15.0. The number of amides is 1. The van der Waals surface area contributed by atoms with Gasteiger partial charge in [-0.25, -0.2) is 0 Å². The molecule has 6 nitrogen and oxygen atoms in total. The zero-order valence-electron chi connectivity index (χ0n) is 18.2. The number of hydrogen-bond acceptors (Lipinski definition) is 6. The Balaban J connectivity index is 1.46. The van der Waals surface area contributed by atoms with Gasteiger partial charge in [-0.15, -0.1) is 0 Å². The summed E-state index contributed by atoms with van der Waals surface area (Å²) in [5, 5.41) is 5.30. The summed E-state index contributed by atoms with van der Waals surface area (Å²) in [4.78, 5) is 19.6. The Labute approximate surface area is 196 Å². The molecule has 3 aromatic rings. The van der Waals surface area contributed by atoms with E-state index in [0.29, 0.717) is 11.6 Å². The summed E-state index contributed by atoms with van der Waals surface area (Å²) in [5.74, 6) is 2.30. The van der Waals surface area contributed by atoms with E-state index in [2.05, 4.69) is 10.1 Å². The molecule has 1 aliphatic heterocycles. The van der Waals surface area contributed by atoms with Crippen LogP contribution in [0.15, 0.2) is 58.0 Å². The second-order valence-corrected chi connectivity index (χ2v) is 9.11. The van der Waals surface area contributed by atoms with Gasteiger partial charge in [0, 0.05) is 10.8 Å². The predicted octanol–water partition coefficient (Wildman–Crippen LogP) is 5.59. The second kappa shape index (κ2) is 9.79. The van der Waals surface area contributed by atoms with Crippen molar-refractivity contribution >= 4 is 40.1 Å². The molecule has 0 saturated carbocycles. The largest absolute Gasteiger partial charge is 0.489 e. The van der Waals surface area contributed by atoms with E-state index in [1.165, 1.54) is 0 Å². The van der Waals surface area contributed by atoms with E-state index >= 15 is 0 Å². The number of halogens is 1. The number of carbonyl (C=O) groups is 1. The summed E-state index contributed by atoms with van der Waals surface area (Å²) >= 11 is 7.64. The van der Waals surface area contributed by atoms with E-state index in [1.54, 1.807) is 28.8 Å². The van der Waals surface area contributed by atoms with Gasteiger partial charge in [-0.3, -0.25) is 14.7 Å². The second-order valence-electron chi connectivity index (χ2n) is 7.69. The number of rotatable bonds is 6. The highest BCUT2D eigenvalue weighted by molar-refractivity contribution is 8.14. The highest BCUT2D eigenvalue weighted by atomic mass is 35.5. The first kappa shape index (κ1) is 22.4. The Morgan fingerprint density at radius 1 is 1.19 bits per heavy atom. The maximum absolute atomic E-state index is 13.3. The van der Waals surface area contributed by atoms with E-state index < -0.39 is 0 Å². The van der Waals surface area contributed by atoms with E-state index in [1.807, 2.05) is 57.2 Å². The monoisotopic (exact) mass is 469 g/mol. The van der Waals surface area contributed by atoms with Crippen LogP contribution in [0.2, 0.25) is 5.02 Å². The van der Waals surface area contributed by atoms with Gasteiger partial charge in [0.15, 0.2) is 5.17 Å². The first-order valence-corrected chi connectivity index (χ1v) is 11.7. The molecule has 2 heterocycles. The van der Waals surface area contributed by atoms with Crippen molar-refractivity contribution in [3.63, 3.8) is 0 Å². The quantitative estimate of drug-likeness (QED) is 0.470. The molecule has 32 heavy (non-hydrogen) atoms. The summed E-state index contributed by atoms with van der Waals surface area (Å²) < 4.78 is 11.0. The van der Waals surface area contributed by atoms with Crippen molar-refractivity contribution in [2.75, 3.05) is 10.7 Å². The van der Waals surface area contributed by atoms with Gasteiger partial charge in [0.2, 0.25) is 5.91 Å². The number of aryl methyl sites for hydroxylation is 2. The third-order valence-corrected chi connectivity index (χ3v) is 6.60. The summed E-state index contributed by atoms with van der Waals surface area (Å²) in [6.45, 7) is 6.20. The maximum Gasteiger partial charge on any atom is 0.237 e. The van der Waals surface area contributed by atoms with Crippen molar-refractivity contribution in [1.82, 2.24) is 5.16 Å². The lowest BCUT2D eigenvalue weighted by Crippen LogP contribution is -2.35. The van der Waals surface area contributed by atoms with Crippen molar-refractivity contribution in [2.45, 2.75) is 39.8 Å². The molecule has 0 saturated heterocycles. The van der Waals surface area contributed by atoms with E-state index in [9.17, 15) is 4.79 Å². The fourth-order valence-corrected chi connectivity index (χ4v) is 4.53. The minimum absolute atomic E-state index is 0.0444. The Morgan fingerprint density at radius 3 is 2.50 bits per heavy atom. The number of carbonyl (C=O) groups excluding carboxylic acids is 1. The van der Waals surface area contributed by atoms with Gasteiger partial charge < -0.3 is 9.26 Å². The molecule has 2 aromatic carbocycles. The van der Waals surface area contributed by atoms with Gasteiger partial charge in [0.1, 0.15) is 18.1 Å². The number of aromatic nitrogens is 1. The van der Waals surface area contributed by atoms with Crippen LogP contribution in [0.3, 0.4) is 0 Å². The molecule has 1 unspecified atom stereocenters. The minimum Gasteiger partial charge on any atom is -0.489 e. The van der Waals surface area contributed by atoms with Crippen LogP contribution in [0.4, 0.5) is 5.69 Å². The molecule has 1 amide bonds. The topological polar surface area (TPSA) is 67.9 Å². The average molecular weight is 470 g/mol. The first-order valence-electron chi connectivity index (χ1n) is 10.3. The predicted molar refractivity (Wildman–Crippen MR) is 129 cm³/mol. The number of aliphatic imine (C=N–C) groups is 1. The lowest BCUT2D eigenvalue weighted by atomic mass is 10.1. The Bertz CT molecular complexity index is 1110. The van der Waals surface area contributed by atoms with Crippen molar-refractivity contribution in [3.05, 3.63) is 76.1 Å². The first-order chi connectivity index (χ1) is 15.4. The molecule has 0 fully saturated rings. The molecule has 4 rings (SSSR count). The number of amidine groups is 1. The molecular weight excluding hydrogens is 446 g/mol. The zero-order valence-corrected chi connectivity index (χ0v) is 19.7. The van der Waals surface area contributed by atoms with Crippen molar-refractivity contribution < 1.29 is 14.1 Å².